The van der Waals surface area contributed by atoms with Crippen molar-refractivity contribution in [2.75, 3.05) is 13.6 Å². The van der Waals surface area contributed by atoms with Gasteiger partial charge in [0.1, 0.15) is 0 Å². The minimum absolute atomic E-state index is 0.0234. The first kappa shape index (κ1) is 22.3. The number of halogens is 3. The van der Waals surface area contributed by atoms with Crippen molar-refractivity contribution in [1.82, 2.24) is 25.4 Å². The Morgan fingerprint density at radius 1 is 1.13 bits per heavy atom. The lowest BCUT2D eigenvalue weighted by molar-refractivity contribution is -0.137. The van der Waals surface area contributed by atoms with Crippen molar-refractivity contribution in [3.8, 4) is 5.82 Å². The summed E-state index contributed by atoms with van der Waals surface area (Å²) in [5.41, 5.74) is 1.07. The Morgan fingerprint density at radius 3 is 2.68 bits per heavy atom. The van der Waals surface area contributed by atoms with E-state index in [0.29, 0.717) is 31.0 Å². The van der Waals surface area contributed by atoms with Gasteiger partial charge in [0, 0.05) is 38.7 Å². The molecule has 9 heteroatoms. The molecule has 0 radical (unpaired) electrons. The third-order valence-electron chi connectivity index (χ3n) is 4.89. The van der Waals surface area contributed by atoms with Crippen LogP contribution in [-0.4, -0.2) is 34.3 Å². The highest BCUT2D eigenvalue weighted by Gasteiger charge is 2.30. The molecule has 1 unspecified atom stereocenters. The quantitative estimate of drug-likeness (QED) is 0.437. The maximum absolute atomic E-state index is 12.9. The van der Waals surface area contributed by atoms with Gasteiger partial charge < -0.3 is 10.6 Å². The number of rotatable bonds is 7. The average Bonchev–Trinajstić information content (AvgIpc) is 3.31. The summed E-state index contributed by atoms with van der Waals surface area (Å²) in [6.07, 6.45) is 1.58. The lowest BCUT2D eigenvalue weighted by Gasteiger charge is -2.16. The van der Waals surface area contributed by atoms with Crippen molar-refractivity contribution in [1.29, 1.82) is 0 Å². The molecule has 0 saturated carbocycles. The maximum atomic E-state index is 12.9. The van der Waals surface area contributed by atoms with Gasteiger partial charge in [-0.2, -0.15) is 18.3 Å². The van der Waals surface area contributed by atoms with Crippen LogP contribution in [0.25, 0.3) is 5.82 Å². The minimum Gasteiger partial charge on any atom is -0.356 e. The van der Waals surface area contributed by atoms with Crippen LogP contribution in [0, 0.1) is 0 Å². The Morgan fingerprint density at radius 2 is 1.97 bits per heavy atom. The Labute approximate surface area is 179 Å². The summed E-state index contributed by atoms with van der Waals surface area (Å²) >= 11 is 0. The van der Waals surface area contributed by atoms with Crippen molar-refractivity contribution >= 4 is 5.96 Å². The molecule has 2 N–H and O–H groups in total. The molecule has 0 bridgehead atoms. The van der Waals surface area contributed by atoms with Crippen LogP contribution in [0.1, 0.15) is 36.0 Å². The van der Waals surface area contributed by atoms with E-state index in [-0.39, 0.29) is 5.92 Å². The number of guanidine groups is 1. The van der Waals surface area contributed by atoms with Gasteiger partial charge in [-0.3, -0.25) is 4.99 Å². The van der Waals surface area contributed by atoms with Crippen LogP contribution in [0.2, 0.25) is 0 Å². The second kappa shape index (κ2) is 10.1. The van der Waals surface area contributed by atoms with E-state index in [2.05, 4.69) is 25.7 Å². The highest BCUT2D eigenvalue weighted by molar-refractivity contribution is 5.79. The van der Waals surface area contributed by atoms with Crippen molar-refractivity contribution in [2.45, 2.75) is 32.0 Å². The minimum atomic E-state index is -4.33. The summed E-state index contributed by atoms with van der Waals surface area (Å²) in [6, 6.07) is 11.2. The van der Waals surface area contributed by atoms with E-state index in [1.165, 1.54) is 12.1 Å². The van der Waals surface area contributed by atoms with Crippen molar-refractivity contribution in [2.24, 2.45) is 4.99 Å². The maximum Gasteiger partial charge on any atom is 0.416 e. The van der Waals surface area contributed by atoms with E-state index in [4.69, 9.17) is 0 Å². The SMILES string of the molecule is CN=C(NCCC(C)c1cccc(C(F)(F)F)c1)NCc1ccnc(-n2cccn2)c1. The predicted molar refractivity (Wildman–Crippen MR) is 114 cm³/mol. The molecule has 1 atom stereocenters. The van der Waals surface area contributed by atoms with E-state index >= 15 is 0 Å². The van der Waals surface area contributed by atoms with Crippen LogP contribution in [0.15, 0.2) is 66.0 Å². The summed E-state index contributed by atoms with van der Waals surface area (Å²) in [7, 11) is 1.67. The van der Waals surface area contributed by atoms with Crippen LogP contribution in [0.4, 0.5) is 13.2 Å². The number of hydrogen-bond acceptors (Lipinski definition) is 3. The number of nitrogens with one attached hydrogen (secondary N) is 2. The van der Waals surface area contributed by atoms with Crippen molar-refractivity contribution in [3.05, 3.63) is 77.7 Å². The molecular weight excluding hydrogens is 405 g/mol. The van der Waals surface area contributed by atoms with Crippen LogP contribution in [-0.2, 0) is 12.7 Å². The zero-order chi connectivity index (χ0) is 22.3. The fourth-order valence-electron chi connectivity index (χ4n) is 3.10. The summed E-state index contributed by atoms with van der Waals surface area (Å²) in [5, 5.41) is 10.6. The Hall–Kier alpha value is -3.36. The fourth-order valence-corrected chi connectivity index (χ4v) is 3.10. The number of aromatic nitrogens is 3. The molecule has 164 valence electrons. The van der Waals surface area contributed by atoms with Crippen molar-refractivity contribution in [3.63, 3.8) is 0 Å². The highest BCUT2D eigenvalue weighted by atomic mass is 19.4. The zero-order valence-corrected chi connectivity index (χ0v) is 17.4. The largest absolute Gasteiger partial charge is 0.416 e. The van der Waals surface area contributed by atoms with E-state index in [9.17, 15) is 13.2 Å². The van der Waals surface area contributed by atoms with Gasteiger partial charge in [0.2, 0.25) is 0 Å². The first-order chi connectivity index (χ1) is 14.9. The molecule has 0 fully saturated rings. The van der Waals surface area contributed by atoms with Gasteiger partial charge in [0.25, 0.3) is 0 Å². The first-order valence-corrected chi connectivity index (χ1v) is 9.93. The molecule has 0 amide bonds. The number of nitrogens with zero attached hydrogens (tertiary/aromatic N) is 4. The number of hydrogen-bond donors (Lipinski definition) is 2. The van der Waals surface area contributed by atoms with Gasteiger partial charge in [0.15, 0.2) is 11.8 Å². The Balaban J connectivity index is 1.50. The highest BCUT2D eigenvalue weighted by Crippen LogP contribution is 2.31. The van der Waals surface area contributed by atoms with E-state index < -0.39 is 11.7 Å². The van der Waals surface area contributed by atoms with Gasteiger partial charge >= 0.3 is 6.18 Å². The molecule has 1 aromatic carbocycles. The predicted octanol–water partition coefficient (Wildman–Crippen LogP) is 4.14. The summed E-state index contributed by atoms with van der Waals surface area (Å²) < 4.78 is 40.4. The third kappa shape index (κ3) is 6.31. The second-order valence-electron chi connectivity index (χ2n) is 7.14. The molecule has 3 rings (SSSR count). The molecule has 2 heterocycles. The summed E-state index contributed by atoms with van der Waals surface area (Å²) in [6.45, 7) is 3.03. The zero-order valence-electron chi connectivity index (χ0n) is 17.4. The molecule has 2 aromatic heterocycles. The molecule has 0 saturated heterocycles. The average molecular weight is 430 g/mol. The smallest absolute Gasteiger partial charge is 0.356 e. The topological polar surface area (TPSA) is 67.1 Å². The first-order valence-electron chi connectivity index (χ1n) is 9.93. The summed E-state index contributed by atoms with van der Waals surface area (Å²) in [5.74, 6) is 1.32. The van der Waals surface area contributed by atoms with E-state index in [0.717, 1.165) is 17.4 Å². The molecule has 0 aliphatic carbocycles. The third-order valence-corrected chi connectivity index (χ3v) is 4.89. The molecule has 0 aliphatic heterocycles. The standard InChI is InChI=1S/C22H25F3N6/c1-16(18-5-3-6-19(14-18)22(23,24)25)7-10-28-21(26-2)29-15-17-8-11-27-20(13-17)31-12-4-9-30-31/h3-6,8-9,11-14,16H,7,10,15H2,1-2H3,(H2,26,28,29). The number of alkyl halides is 3. The molecule has 0 aliphatic rings. The lowest BCUT2D eigenvalue weighted by atomic mass is 9.96. The summed E-state index contributed by atoms with van der Waals surface area (Å²) in [4.78, 5) is 8.51. The number of benzene rings is 1. The van der Waals surface area contributed by atoms with Crippen LogP contribution in [0.3, 0.4) is 0 Å². The fraction of sp³-hybridized carbons (Fsp3) is 0.318. The van der Waals surface area contributed by atoms with Gasteiger partial charge in [-0.1, -0.05) is 25.1 Å². The van der Waals surface area contributed by atoms with E-state index in [1.54, 1.807) is 30.2 Å². The van der Waals surface area contributed by atoms with Crippen LogP contribution in [0.5, 0.6) is 0 Å². The van der Waals surface area contributed by atoms with Crippen LogP contribution < -0.4 is 10.6 Å². The lowest BCUT2D eigenvalue weighted by Crippen LogP contribution is -2.37. The molecule has 3 aromatic rings. The van der Waals surface area contributed by atoms with Crippen molar-refractivity contribution < 1.29 is 13.2 Å². The normalized spacial score (nSPS) is 13.1. The van der Waals surface area contributed by atoms with Gasteiger partial charge in [0.05, 0.1) is 5.56 Å². The second-order valence-corrected chi connectivity index (χ2v) is 7.14. The molecular formula is C22H25F3N6. The molecule has 0 spiro atoms. The van der Waals surface area contributed by atoms with Gasteiger partial charge in [-0.05, 0) is 47.7 Å². The Bertz CT molecular complexity index is 998. The molecule has 6 nitrogen and oxygen atoms in total. The van der Waals surface area contributed by atoms with Gasteiger partial charge in [-0.25, -0.2) is 9.67 Å². The van der Waals surface area contributed by atoms with Gasteiger partial charge in [-0.15, -0.1) is 0 Å². The van der Waals surface area contributed by atoms with Crippen LogP contribution >= 0.6 is 0 Å². The monoisotopic (exact) mass is 430 g/mol. The number of aliphatic imine (C=N–C) groups is 1. The Kier molecular flexibility index (Phi) is 7.28. The molecule has 31 heavy (non-hydrogen) atoms. The van der Waals surface area contributed by atoms with E-state index in [1.807, 2.05) is 31.3 Å². The number of pyridine rings is 1.